The van der Waals surface area contributed by atoms with Crippen LogP contribution in [0.1, 0.15) is 38.7 Å². The summed E-state index contributed by atoms with van der Waals surface area (Å²) in [5, 5.41) is 3.03. The summed E-state index contributed by atoms with van der Waals surface area (Å²) in [6, 6.07) is 7.85. The van der Waals surface area contributed by atoms with Gasteiger partial charge in [0.2, 0.25) is 0 Å². The van der Waals surface area contributed by atoms with Gasteiger partial charge in [0.05, 0.1) is 13.7 Å². The Bertz CT molecular complexity index is 755. The summed E-state index contributed by atoms with van der Waals surface area (Å²) in [5.74, 6) is 0.939. The van der Waals surface area contributed by atoms with Crippen LogP contribution in [-0.2, 0) is 11.3 Å². The fourth-order valence-corrected chi connectivity index (χ4v) is 4.48. The summed E-state index contributed by atoms with van der Waals surface area (Å²) in [6.45, 7) is 10.7. The van der Waals surface area contributed by atoms with Crippen LogP contribution in [0, 0.1) is 5.92 Å². The van der Waals surface area contributed by atoms with Crippen molar-refractivity contribution < 1.29 is 14.3 Å². The van der Waals surface area contributed by atoms with Crippen molar-refractivity contribution >= 4 is 11.9 Å². The molecule has 2 heterocycles. The van der Waals surface area contributed by atoms with E-state index in [1.165, 1.54) is 10.5 Å². The van der Waals surface area contributed by atoms with Crippen LogP contribution < -0.4 is 10.1 Å². The number of carbonyl (C=O) groups is 2. The molecule has 2 fully saturated rings. The summed E-state index contributed by atoms with van der Waals surface area (Å²) in [5.41, 5.74) is 1.26. The lowest BCUT2D eigenvalue weighted by Crippen LogP contribution is -2.55. The van der Waals surface area contributed by atoms with Crippen LogP contribution in [0.4, 0.5) is 4.79 Å². The average Bonchev–Trinajstić information content (AvgIpc) is 2.93. The van der Waals surface area contributed by atoms with E-state index in [2.05, 4.69) is 28.9 Å². The molecule has 1 unspecified atom stereocenters. The Kier molecular flexibility index (Phi) is 6.08. The Morgan fingerprint density at radius 1 is 1.32 bits per heavy atom. The lowest BCUT2D eigenvalue weighted by atomic mass is 9.75. The highest BCUT2D eigenvalue weighted by Crippen LogP contribution is 2.36. The number of carbonyl (C=O) groups excluding carboxylic acids is 2. The normalized spacial score (nSPS) is 23.8. The zero-order chi connectivity index (χ0) is 20.3. The third-order valence-electron chi connectivity index (χ3n) is 6.01. The Morgan fingerprint density at radius 2 is 2.04 bits per heavy atom. The van der Waals surface area contributed by atoms with Gasteiger partial charge in [-0.1, -0.05) is 31.2 Å². The zero-order valence-corrected chi connectivity index (χ0v) is 17.2. The van der Waals surface area contributed by atoms with E-state index < -0.39 is 5.54 Å². The molecule has 1 N–H and O–H groups in total. The molecular formula is C22H31N3O3. The Balaban J connectivity index is 1.65. The van der Waals surface area contributed by atoms with Crippen LogP contribution in [0.3, 0.4) is 0 Å². The maximum atomic E-state index is 13.1. The molecule has 0 aliphatic carbocycles. The second kappa shape index (κ2) is 8.35. The maximum absolute atomic E-state index is 13.1. The molecule has 0 aromatic heterocycles. The molecule has 1 aromatic carbocycles. The molecule has 1 aromatic rings. The van der Waals surface area contributed by atoms with Crippen molar-refractivity contribution in [1.29, 1.82) is 0 Å². The van der Waals surface area contributed by atoms with Gasteiger partial charge in [0.25, 0.3) is 5.91 Å². The molecule has 0 saturated carbocycles. The second-order valence-corrected chi connectivity index (χ2v) is 8.01. The predicted octanol–water partition coefficient (Wildman–Crippen LogP) is 3.18. The van der Waals surface area contributed by atoms with Gasteiger partial charge in [-0.25, -0.2) is 4.79 Å². The molecule has 2 aliphatic rings. The van der Waals surface area contributed by atoms with Gasteiger partial charge in [-0.05, 0) is 62.9 Å². The van der Waals surface area contributed by atoms with E-state index in [1.807, 2.05) is 26.0 Å². The Labute approximate surface area is 167 Å². The van der Waals surface area contributed by atoms with E-state index in [0.717, 1.165) is 43.8 Å². The summed E-state index contributed by atoms with van der Waals surface area (Å²) in [7, 11) is 1.68. The molecule has 2 aliphatic heterocycles. The van der Waals surface area contributed by atoms with Gasteiger partial charge in [-0.2, -0.15) is 0 Å². The van der Waals surface area contributed by atoms with Crippen molar-refractivity contribution in [2.75, 3.05) is 26.7 Å². The van der Waals surface area contributed by atoms with E-state index in [0.29, 0.717) is 13.0 Å². The molecule has 0 radical (unpaired) electrons. The third kappa shape index (κ3) is 3.92. The quantitative estimate of drug-likeness (QED) is 0.578. The Hall–Kier alpha value is -2.34. The molecule has 3 rings (SSSR count). The first kappa shape index (κ1) is 20.4. The lowest BCUT2D eigenvalue weighted by molar-refractivity contribution is -0.134. The highest BCUT2D eigenvalue weighted by molar-refractivity contribution is 6.07. The number of nitrogens with one attached hydrogen (secondary N) is 1. The predicted molar refractivity (Wildman–Crippen MR) is 109 cm³/mol. The molecular weight excluding hydrogens is 354 g/mol. The molecule has 2 saturated heterocycles. The van der Waals surface area contributed by atoms with Crippen molar-refractivity contribution in [3.8, 4) is 5.75 Å². The molecule has 0 bridgehead atoms. The number of urea groups is 1. The first-order valence-electron chi connectivity index (χ1n) is 10.0. The number of piperidine rings is 1. The summed E-state index contributed by atoms with van der Waals surface area (Å²) in [6.07, 6.45) is 2.40. The van der Waals surface area contributed by atoms with E-state index >= 15 is 0 Å². The molecule has 6 heteroatoms. The van der Waals surface area contributed by atoms with E-state index in [-0.39, 0.29) is 17.9 Å². The van der Waals surface area contributed by atoms with Crippen molar-refractivity contribution in [3.63, 3.8) is 0 Å². The van der Waals surface area contributed by atoms with Gasteiger partial charge < -0.3 is 10.1 Å². The largest absolute Gasteiger partial charge is 0.497 e. The topological polar surface area (TPSA) is 61.9 Å². The number of imide groups is 1. The number of benzene rings is 1. The number of hydrogen-bond acceptors (Lipinski definition) is 4. The number of rotatable bonds is 7. The van der Waals surface area contributed by atoms with Gasteiger partial charge in [0.1, 0.15) is 11.3 Å². The molecule has 28 heavy (non-hydrogen) atoms. The molecule has 3 amide bonds. The van der Waals surface area contributed by atoms with Crippen LogP contribution in [0.15, 0.2) is 36.4 Å². The first-order chi connectivity index (χ1) is 13.4. The van der Waals surface area contributed by atoms with Crippen molar-refractivity contribution in [3.05, 3.63) is 42.0 Å². The SMILES string of the molecule is C=C(C)CN1C(=O)NC(CC)(C2CCN(Cc3cccc(OC)c3)CC2)C1=O. The molecule has 6 nitrogen and oxygen atoms in total. The first-order valence-corrected chi connectivity index (χ1v) is 10.0. The number of ether oxygens (including phenoxy) is 1. The van der Waals surface area contributed by atoms with Crippen LogP contribution in [-0.4, -0.2) is 54.0 Å². The minimum atomic E-state index is -0.769. The summed E-state index contributed by atoms with van der Waals surface area (Å²) >= 11 is 0. The number of likely N-dealkylation sites (tertiary alicyclic amines) is 1. The van der Waals surface area contributed by atoms with E-state index in [1.54, 1.807) is 7.11 Å². The van der Waals surface area contributed by atoms with Gasteiger partial charge in [-0.3, -0.25) is 14.6 Å². The highest BCUT2D eigenvalue weighted by atomic mass is 16.5. The van der Waals surface area contributed by atoms with Crippen molar-refractivity contribution in [1.82, 2.24) is 15.1 Å². The smallest absolute Gasteiger partial charge is 0.325 e. The standard InChI is InChI=1S/C22H31N3O3/c1-5-22(20(26)25(14-16(2)3)21(27)23-22)18-9-11-24(12-10-18)15-17-7-6-8-19(13-17)28-4/h6-8,13,18H,2,5,9-12,14-15H2,1,3-4H3,(H,23,27). The van der Waals surface area contributed by atoms with E-state index in [9.17, 15) is 9.59 Å². The second-order valence-electron chi connectivity index (χ2n) is 8.01. The van der Waals surface area contributed by atoms with Crippen molar-refractivity contribution in [2.24, 2.45) is 5.92 Å². The highest BCUT2D eigenvalue weighted by Gasteiger charge is 2.54. The summed E-state index contributed by atoms with van der Waals surface area (Å²) in [4.78, 5) is 29.3. The lowest BCUT2D eigenvalue weighted by Gasteiger charge is -2.40. The number of nitrogens with zero attached hydrogens (tertiary/aromatic N) is 2. The van der Waals surface area contributed by atoms with Gasteiger partial charge >= 0.3 is 6.03 Å². The number of methoxy groups -OCH3 is 1. The van der Waals surface area contributed by atoms with Gasteiger partial charge in [0.15, 0.2) is 0 Å². The third-order valence-corrected chi connectivity index (χ3v) is 6.01. The average molecular weight is 386 g/mol. The fourth-order valence-electron chi connectivity index (χ4n) is 4.48. The minimum absolute atomic E-state index is 0.0887. The summed E-state index contributed by atoms with van der Waals surface area (Å²) < 4.78 is 5.31. The van der Waals surface area contributed by atoms with Gasteiger partial charge in [-0.15, -0.1) is 0 Å². The number of amides is 3. The maximum Gasteiger partial charge on any atom is 0.325 e. The molecule has 1 atom stereocenters. The van der Waals surface area contributed by atoms with Crippen LogP contribution in [0.25, 0.3) is 0 Å². The van der Waals surface area contributed by atoms with Crippen LogP contribution in [0.5, 0.6) is 5.75 Å². The van der Waals surface area contributed by atoms with E-state index in [4.69, 9.17) is 4.74 Å². The minimum Gasteiger partial charge on any atom is -0.497 e. The van der Waals surface area contributed by atoms with Crippen LogP contribution in [0.2, 0.25) is 0 Å². The van der Waals surface area contributed by atoms with Crippen LogP contribution >= 0.6 is 0 Å². The monoisotopic (exact) mass is 385 g/mol. The van der Waals surface area contributed by atoms with Gasteiger partial charge in [0, 0.05) is 6.54 Å². The molecule has 0 spiro atoms. The molecule has 152 valence electrons. The fraction of sp³-hybridized carbons (Fsp3) is 0.545. The number of hydrogen-bond donors (Lipinski definition) is 1. The zero-order valence-electron chi connectivity index (χ0n) is 17.2. The Morgan fingerprint density at radius 3 is 2.64 bits per heavy atom. The van der Waals surface area contributed by atoms with Crippen molar-refractivity contribution in [2.45, 2.75) is 45.2 Å².